The van der Waals surface area contributed by atoms with Crippen LogP contribution in [0.4, 0.5) is 0 Å². The van der Waals surface area contributed by atoms with E-state index >= 15 is 0 Å². The van der Waals surface area contributed by atoms with Crippen LogP contribution in [0.1, 0.15) is 27.8 Å². The van der Waals surface area contributed by atoms with Gasteiger partial charge in [0.1, 0.15) is 5.01 Å². The topological polar surface area (TPSA) is 38.9 Å². The second kappa shape index (κ2) is 13.2. The zero-order chi connectivity index (χ0) is 34.2. The van der Waals surface area contributed by atoms with Gasteiger partial charge in [0.25, 0.3) is 0 Å². The van der Waals surface area contributed by atoms with Crippen molar-refractivity contribution in [1.29, 1.82) is 0 Å². The van der Waals surface area contributed by atoms with Gasteiger partial charge < -0.3 is 5.73 Å². The molecule has 0 amide bonds. The SMILES string of the molecule is N/C=C\SCc1cccc(-c2cc3c(c4ccccc24)-c2ccc(-c4cccc(-c5nccs5)c4)cc2C3(c2ccccc2)c2ccccc2)c1. The number of nitrogens with two attached hydrogens (primary N) is 1. The zero-order valence-electron chi connectivity index (χ0n) is 27.9. The molecule has 2 N–H and O–H groups in total. The molecule has 2 nitrogen and oxygen atoms in total. The van der Waals surface area contributed by atoms with Crippen molar-refractivity contribution in [3.8, 4) is 44.0 Å². The normalized spacial score (nSPS) is 13.0. The smallest absolute Gasteiger partial charge is 0.123 e. The summed E-state index contributed by atoms with van der Waals surface area (Å²) in [7, 11) is 0. The monoisotopic (exact) mass is 690 g/mol. The quantitative estimate of drug-likeness (QED) is 0.172. The third-order valence-electron chi connectivity index (χ3n) is 10.1. The van der Waals surface area contributed by atoms with Gasteiger partial charge in [0.15, 0.2) is 0 Å². The Morgan fingerprint density at radius 1 is 0.588 bits per heavy atom. The van der Waals surface area contributed by atoms with Crippen LogP contribution in [0.25, 0.3) is 54.7 Å². The van der Waals surface area contributed by atoms with Crippen molar-refractivity contribution in [3.05, 3.63) is 209 Å². The average molecular weight is 691 g/mol. The highest BCUT2D eigenvalue weighted by Gasteiger charge is 2.47. The minimum absolute atomic E-state index is 0.547. The van der Waals surface area contributed by atoms with Gasteiger partial charge in [0.2, 0.25) is 0 Å². The molecule has 8 aromatic rings. The Balaban J connectivity index is 1.35. The van der Waals surface area contributed by atoms with Crippen LogP contribution in [-0.4, -0.2) is 4.98 Å². The summed E-state index contributed by atoms with van der Waals surface area (Å²) in [4.78, 5) is 4.60. The molecule has 1 aliphatic carbocycles. The minimum Gasteiger partial charge on any atom is -0.404 e. The molecule has 9 rings (SSSR count). The van der Waals surface area contributed by atoms with Gasteiger partial charge in [-0.3, -0.25) is 0 Å². The van der Waals surface area contributed by atoms with E-state index in [9.17, 15) is 0 Å². The highest BCUT2D eigenvalue weighted by molar-refractivity contribution is 8.01. The van der Waals surface area contributed by atoms with Crippen LogP contribution in [-0.2, 0) is 11.2 Å². The maximum atomic E-state index is 5.65. The van der Waals surface area contributed by atoms with Crippen LogP contribution >= 0.6 is 23.1 Å². The molecule has 0 fully saturated rings. The molecule has 1 aromatic heterocycles. The summed E-state index contributed by atoms with van der Waals surface area (Å²) in [5, 5.41) is 7.54. The molecule has 0 saturated carbocycles. The van der Waals surface area contributed by atoms with E-state index in [1.165, 1.54) is 72.0 Å². The lowest BCUT2D eigenvalue weighted by atomic mass is 9.67. The van der Waals surface area contributed by atoms with Gasteiger partial charge in [0.05, 0.1) is 5.41 Å². The van der Waals surface area contributed by atoms with Gasteiger partial charge in [0, 0.05) is 29.1 Å². The van der Waals surface area contributed by atoms with Gasteiger partial charge in [-0.25, -0.2) is 4.98 Å². The van der Waals surface area contributed by atoms with Gasteiger partial charge in [-0.15, -0.1) is 23.1 Å². The maximum absolute atomic E-state index is 5.65. The first-order chi connectivity index (χ1) is 25.3. The van der Waals surface area contributed by atoms with Crippen LogP contribution in [0.15, 0.2) is 181 Å². The standard InChI is InChI=1S/C47H34N2S2/c48-23-25-50-31-32-11-9-13-35(27-32)42-30-44-45(40-20-8-7-19-39(40)42)41-22-21-34(33-12-10-14-36(28-33)46-49-24-26-51-46)29-43(41)47(44,37-15-3-1-4-16-37)38-17-5-2-6-18-38/h1-30H,31,48H2/b25-23-. The number of hydrogen-bond acceptors (Lipinski definition) is 4. The van der Waals surface area contributed by atoms with Crippen LogP contribution in [0.5, 0.6) is 0 Å². The fourth-order valence-electron chi connectivity index (χ4n) is 7.99. The second-order valence-electron chi connectivity index (χ2n) is 12.9. The minimum atomic E-state index is -0.547. The number of hydrogen-bond donors (Lipinski definition) is 1. The van der Waals surface area contributed by atoms with E-state index in [1.807, 2.05) is 17.0 Å². The highest BCUT2D eigenvalue weighted by atomic mass is 32.2. The number of benzene rings is 7. The molecule has 1 aliphatic rings. The molecular formula is C47H34N2S2. The van der Waals surface area contributed by atoms with E-state index in [0.29, 0.717) is 0 Å². The Morgan fingerprint density at radius 3 is 2.02 bits per heavy atom. The van der Waals surface area contributed by atoms with Crippen molar-refractivity contribution in [1.82, 2.24) is 4.98 Å². The molecule has 0 radical (unpaired) electrons. The summed E-state index contributed by atoms with van der Waals surface area (Å²) >= 11 is 3.38. The molecule has 4 heteroatoms. The molecule has 0 aliphatic heterocycles. The van der Waals surface area contributed by atoms with Crippen molar-refractivity contribution in [2.75, 3.05) is 0 Å². The number of fused-ring (bicyclic) bond motifs is 5. The Kier molecular flexibility index (Phi) is 8.12. The van der Waals surface area contributed by atoms with Gasteiger partial charge >= 0.3 is 0 Å². The van der Waals surface area contributed by atoms with Crippen molar-refractivity contribution < 1.29 is 0 Å². The summed E-state index contributed by atoms with van der Waals surface area (Å²) in [5.74, 6) is 0.861. The predicted molar refractivity (Wildman–Crippen MR) is 218 cm³/mol. The third kappa shape index (κ3) is 5.31. The van der Waals surface area contributed by atoms with Crippen LogP contribution < -0.4 is 5.73 Å². The van der Waals surface area contributed by atoms with Gasteiger partial charge in [-0.2, -0.15) is 0 Å². The Morgan fingerprint density at radius 2 is 1.27 bits per heavy atom. The van der Waals surface area contributed by atoms with Crippen molar-refractivity contribution in [2.24, 2.45) is 5.73 Å². The van der Waals surface area contributed by atoms with E-state index in [0.717, 1.165) is 16.3 Å². The number of nitrogens with zero attached hydrogens (tertiary/aromatic N) is 1. The largest absolute Gasteiger partial charge is 0.404 e. The molecule has 0 unspecified atom stereocenters. The van der Waals surface area contributed by atoms with E-state index in [-0.39, 0.29) is 0 Å². The number of rotatable bonds is 8. The Hall–Kier alpha value is -5.68. The number of thioether (sulfide) groups is 1. The second-order valence-corrected chi connectivity index (χ2v) is 14.7. The summed E-state index contributed by atoms with van der Waals surface area (Å²) < 4.78 is 0. The zero-order valence-corrected chi connectivity index (χ0v) is 29.5. The molecule has 0 bridgehead atoms. The van der Waals surface area contributed by atoms with E-state index < -0.39 is 5.41 Å². The van der Waals surface area contributed by atoms with Crippen LogP contribution in [0, 0.1) is 0 Å². The molecule has 244 valence electrons. The van der Waals surface area contributed by atoms with Crippen molar-refractivity contribution in [3.63, 3.8) is 0 Å². The van der Waals surface area contributed by atoms with Crippen LogP contribution in [0.3, 0.4) is 0 Å². The molecule has 0 saturated heterocycles. The lowest BCUT2D eigenvalue weighted by Gasteiger charge is -2.34. The fraction of sp³-hybridized carbons (Fsp3) is 0.0426. The fourth-order valence-corrected chi connectivity index (χ4v) is 9.20. The van der Waals surface area contributed by atoms with E-state index in [2.05, 4.69) is 163 Å². The van der Waals surface area contributed by atoms with Crippen molar-refractivity contribution in [2.45, 2.75) is 11.2 Å². The summed E-state index contributed by atoms with van der Waals surface area (Å²) in [6.45, 7) is 0. The first kappa shape index (κ1) is 31.3. The molecule has 51 heavy (non-hydrogen) atoms. The molecule has 1 heterocycles. The molecular weight excluding hydrogens is 657 g/mol. The van der Waals surface area contributed by atoms with E-state index in [1.54, 1.807) is 29.3 Å². The Bertz CT molecular complexity index is 2500. The first-order valence-corrected chi connectivity index (χ1v) is 19.1. The lowest BCUT2D eigenvalue weighted by Crippen LogP contribution is -2.28. The lowest BCUT2D eigenvalue weighted by molar-refractivity contribution is 0.769. The first-order valence-electron chi connectivity index (χ1n) is 17.2. The van der Waals surface area contributed by atoms with Gasteiger partial charge in [-0.1, -0.05) is 140 Å². The highest BCUT2D eigenvalue weighted by Crippen LogP contribution is 2.59. The summed E-state index contributed by atoms with van der Waals surface area (Å²) in [5.41, 5.74) is 20.0. The number of thiazole rings is 1. The molecule has 7 aromatic carbocycles. The molecule has 0 spiro atoms. The Labute approximate surface area is 307 Å². The summed E-state index contributed by atoms with van der Waals surface area (Å²) in [6, 6.07) is 58.5. The third-order valence-corrected chi connectivity index (χ3v) is 11.8. The maximum Gasteiger partial charge on any atom is 0.123 e. The van der Waals surface area contributed by atoms with Crippen LogP contribution in [0.2, 0.25) is 0 Å². The predicted octanol–water partition coefficient (Wildman–Crippen LogP) is 12.3. The summed E-state index contributed by atoms with van der Waals surface area (Å²) in [6.07, 6.45) is 3.48. The van der Waals surface area contributed by atoms with Crippen molar-refractivity contribution >= 4 is 33.9 Å². The van der Waals surface area contributed by atoms with Gasteiger partial charge in [-0.05, 0) is 95.6 Å². The average Bonchev–Trinajstić information content (AvgIpc) is 3.84. The van der Waals surface area contributed by atoms with E-state index in [4.69, 9.17) is 5.73 Å². The number of aromatic nitrogens is 1. The molecule has 0 atom stereocenters.